The van der Waals surface area contributed by atoms with E-state index in [1.54, 1.807) is 6.20 Å². The standard InChI is InChI=1S/C14H13Br2N3O/c1-9-6-11(16)7-17-14(9)18-8-13(20)19-12-4-2-10(15)3-5-12/h2-7H,8H2,1H3,(H,17,18)(H,19,20). The molecule has 0 fully saturated rings. The number of hydrogen-bond donors (Lipinski definition) is 2. The van der Waals surface area contributed by atoms with E-state index >= 15 is 0 Å². The van der Waals surface area contributed by atoms with Crippen molar-refractivity contribution in [1.29, 1.82) is 0 Å². The lowest BCUT2D eigenvalue weighted by atomic mass is 10.3. The SMILES string of the molecule is Cc1cc(Br)cnc1NCC(=O)Nc1ccc(Br)cc1. The molecule has 0 saturated carbocycles. The summed E-state index contributed by atoms with van der Waals surface area (Å²) in [4.78, 5) is 16.1. The molecule has 2 rings (SSSR count). The highest BCUT2D eigenvalue weighted by Crippen LogP contribution is 2.17. The van der Waals surface area contributed by atoms with E-state index in [2.05, 4.69) is 47.5 Å². The highest BCUT2D eigenvalue weighted by Gasteiger charge is 2.05. The first-order valence-electron chi connectivity index (χ1n) is 5.96. The van der Waals surface area contributed by atoms with Crippen LogP contribution in [0.15, 0.2) is 45.5 Å². The van der Waals surface area contributed by atoms with Crippen molar-refractivity contribution < 1.29 is 4.79 Å². The minimum absolute atomic E-state index is 0.114. The van der Waals surface area contributed by atoms with E-state index in [1.807, 2.05) is 37.3 Å². The van der Waals surface area contributed by atoms with Gasteiger partial charge in [-0.2, -0.15) is 0 Å². The number of pyridine rings is 1. The molecule has 0 spiro atoms. The van der Waals surface area contributed by atoms with E-state index in [0.29, 0.717) is 5.82 Å². The second kappa shape index (κ2) is 6.85. The van der Waals surface area contributed by atoms with E-state index in [9.17, 15) is 4.79 Å². The van der Waals surface area contributed by atoms with Crippen molar-refractivity contribution in [2.75, 3.05) is 17.2 Å². The van der Waals surface area contributed by atoms with Gasteiger partial charge >= 0.3 is 0 Å². The van der Waals surface area contributed by atoms with Crippen molar-refractivity contribution in [1.82, 2.24) is 4.98 Å². The summed E-state index contributed by atoms with van der Waals surface area (Å²) in [5.74, 6) is 0.593. The number of aryl methyl sites for hydroxylation is 1. The summed E-state index contributed by atoms with van der Waals surface area (Å²) >= 11 is 6.70. The van der Waals surface area contributed by atoms with Gasteiger partial charge in [0.2, 0.25) is 5.91 Å². The Hall–Kier alpha value is -1.40. The third-order valence-corrected chi connectivity index (χ3v) is 3.55. The molecule has 0 saturated heterocycles. The van der Waals surface area contributed by atoms with Crippen LogP contribution in [0.2, 0.25) is 0 Å². The van der Waals surface area contributed by atoms with Crippen LogP contribution in [0.3, 0.4) is 0 Å². The van der Waals surface area contributed by atoms with Crippen LogP contribution < -0.4 is 10.6 Å². The maximum Gasteiger partial charge on any atom is 0.243 e. The summed E-state index contributed by atoms with van der Waals surface area (Å²) in [6.07, 6.45) is 1.70. The van der Waals surface area contributed by atoms with Crippen LogP contribution in [0.4, 0.5) is 11.5 Å². The number of benzene rings is 1. The van der Waals surface area contributed by atoms with Gasteiger partial charge < -0.3 is 10.6 Å². The topological polar surface area (TPSA) is 54.0 Å². The van der Waals surface area contributed by atoms with Gasteiger partial charge in [-0.1, -0.05) is 15.9 Å². The van der Waals surface area contributed by atoms with E-state index in [1.165, 1.54) is 0 Å². The molecule has 20 heavy (non-hydrogen) atoms. The number of nitrogens with zero attached hydrogens (tertiary/aromatic N) is 1. The largest absolute Gasteiger partial charge is 0.361 e. The smallest absolute Gasteiger partial charge is 0.243 e. The molecule has 0 radical (unpaired) electrons. The third-order valence-electron chi connectivity index (χ3n) is 2.59. The van der Waals surface area contributed by atoms with Crippen molar-refractivity contribution in [3.63, 3.8) is 0 Å². The number of halogens is 2. The zero-order valence-electron chi connectivity index (χ0n) is 10.8. The molecule has 6 heteroatoms. The molecule has 2 N–H and O–H groups in total. The van der Waals surface area contributed by atoms with Crippen LogP contribution in [0.1, 0.15) is 5.56 Å². The number of carbonyl (C=O) groups is 1. The third kappa shape index (κ3) is 4.31. The average molecular weight is 399 g/mol. The zero-order valence-corrected chi connectivity index (χ0v) is 14.0. The quantitative estimate of drug-likeness (QED) is 0.819. The fourth-order valence-corrected chi connectivity index (χ4v) is 2.34. The first-order chi connectivity index (χ1) is 9.54. The summed E-state index contributed by atoms with van der Waals surface area (Å²) in [5.41, 5.74) is 1.75. The highest BCUT2D eigenvalue weighted by molar-refractivity contribution is 9.10. The van der Waals surface area contributed by atoms with Crippen LogP contribution >= 0.6 is 31.9 Å². The molecule has 2 aromatic rings. The second-order valence-corrected chi connectivity index (χ2v) is 6.06. The number of aromatic nitrogens is 1. The molecule has 104 valence electrons. The van der Waals surface area contributed by atoms with E-state index in [0.717, 1.165) is 20.2 Å². The molecule has 4 nitrogen and oxygen atoms in total. The number of amides is 1. The summed E-state index contributed by atoms with van der Waals surface area (Å²) in [6, 6.07) is 9.38. The minimum Gasteiger partial charge on any atom is -0.361 e. The molecule has 1 aromatic carbocycles. The molecular weight excluding hydrogens is 386 g/mol. The first kappa shape index (κ1) is 15.0. The Kier molecular flexibility index (Phi) is 5.14. The monoisotopic (exact) mass is 397 g/mol. The predicted molar refractivity (Wildman–Crippen MR) is 87.9 cm³/mol. The van der Waals surface area contributed by atoms with Crippen LogP contribution in [0.5, 0.6) is 0 Å². The Morgan fingerprint density at radius 2 is 1.90 bits per heavy atom. The van der Waals surface area contributed by atoms with Crippen molar-refractivity contribution in [3.05, 3.63) is 51.0 Å². The van der Waals surface area contributed by atoms with Crippen molar-refractivity contribution in [2.45, 2.75) is 6.92 Å². The van der Waals surface area contributed by atoms with Crippen molar-refractivity contribution in [2.24, 2.45) is 0 Å². The van der Waals surface area contributed by atoms with Gasteiger partial charge in [0.1, 0.15) is 5.82 Å². The molecule has 1 amide bonds. The van der Waals surface area contributed by atoms with Gasteiger partial charge in [-0.3, -0.25) is 4.79 Å². The van der Waals surface area contributed by atoms with E-state index < -0.39 is 0 Å². The normalized spacial score (nSPS) is 10.2. The van der Waals surface area contributed by atoms with Crippen molar-refractivity contribution >= 4 is 49.3 Å². The molecule has 1 heterocycles. The molecule has 0 bridgehead atoms. The molecule has 1 aromatic heterocycles. The minimum atomic E-state index is -0.114. The average Bonchev–Trinajstić information content (AvgIpc) is 2.40. The molecule has 0 aliphatic heterocycles. The molecule has 0 atom stereocenters. The molecular formula is C14H13Br2N3O. The summed E-state index contributed by atoms with van der Waals surface area (Å²) < 4.78 is 1.89. The number of rotatable bonds is 4. The Bertz CT molecular complexity index is 614. The maximum atomic E-state index is 11.8. The highest BCUT2D eigenvalue weighted by atomic mass is 79.9. The maximum absolute atomic E-state index is 11.8. The second-order valence-electron chi connectivity index (χ2n) is 4.23. The zero-order chi connectivity index (χ0) is 14.5. The van der Waals surface area contributed by atoms with Gasteiger partial charge in [0.05, 0.1) is 6.54 Å². The van der Waals surface area contributed by atoms with Gasteiger partial charge in [-0.05, 0) is 58.7 Å². The Morgan fingerprint density at radius 1 is 1.20 bits per heavy atom. The summed E-state index contributed by atoms with van der Waals surface area (Å²) in [7, 11) is 0. The Balaban J connectivity index is 1.90. The van der Waals surface area contributed by atoms with Crippen LogP contribution in [-0.4, -0.2) is 17.4 Å². The number of nitrogens with one attached hydrogen (secondary N) is 2. The lowest BCUT2D eigenvalue weighted by molar-refractivity contribution is -0.114. The summed E-state index contributed by atoms with van der Waals surface area (Å²) in [5, 5.41) is 5.83. The van der Waals surface area contributed by atoms with Crippen LogP contribution in [0.25, 0.3) is 0 Å². The van der Waals surface area contributed by atoms with Crippen molar-refractivity contribution in [3.8, 4) is 0 Å². The van der Waals surface area contributed by atoms with Gasteiger partial charge in [0.15, 0.2) is 0 Å². The molecule has 0 aliphatic rings. The predicted octanol–water partition coefficient (Wildman–Crippen LogP) is 3.97. The van der Waals surface area contributed by atoms with E-state index in [4.69, 9.17) is 0 Å². The van der Waals surface area contributed by atoms with Gasteiger partial charge in [0.25, 0.3) is 0 Å². The fraction of sp³-hybridized carbons (Fsp3) is 0.143. The molecule has 0 aliphatic carbocycles. The lowest BCUT2D eigenvalue weighted by Gasteiger charge is -2.09. The fourth-order valence-electron chi connectivity index (χ4n) is 1.63. The lowest BCUT2D eigenvalue weighted by Crippen LogP contribution is -2.22. The first-order valence-corrected chi connectivity index (χ1v) is 7.54. The number of anilines is 2. The number of hydrogen-bond acceptors (Lipinski definition) is 3. The van der Waals surface area contributed by atoms with E-state index in [-0.39, 0.29) is 12.5 Å². The van der Waals surface area contributed by atoms with Gasteiger partial charge in [0, 0.05) is 20.8 Å². The Labute approximate surface area is 134 Å². The van der Waals surface area contributed by atoms with Crippen LogP contribution in [0, 0.1) is 6.92 Å². The Morgan fingerprint density at radius 3 is 2.55 bits per heavy atom. The molecule has 0 unspecified atom stereocenters. The summed E-state index contributed by atoms with van der Waals surface area (Å²) in [6.45, 7) is 2.11. The van der Waals surface area contributed by atoms with Gasteiger partial charge in [-0.25, -0.2) is 4.98 Å². The van der Waals surface area contributed by atoms with Gasteiger partial charge in [-0.15, -0.1) is 0 Å². The number of carbonyl (C=O) groups excluding carboxylic acids is 1. The van der Waals surface area contributed by atoms with Crippen LogP contribution in [-0.2, 0) is 4.79 Å².